The molecule has 0 amide bonds. The molecule has 15 heavy (non-hydrogen) atoms. The van der Waals surface area contributed by atoms with Gasteiger partial charge in [0.15, 0.2) is 0 Å². The molecule has 0 spiro atoms. The molecule has 0 atom stereocenters. The smallest absolute Gasteiger partial charge is 0.211 e. The van der Waals surface area contributed by atoms with E-state index in [1.807, 2.05) is 22.6 Å². The third-order valence-electron chi connectivity index (χ3n) is 1.43. The highest BCUT2D eigenvalue weighted by atomic mass is 127. The van der Waals surface area contributed by atoms with Crippen molar-refractivity contribution in [3.8, 4) is 5.75 Å². The van der Waals surface area contributed by atoms with E-state index in [2.05, 4.69) is 26.1 Å². The van der Waals surface area contributed by atoms with Crippen LogP contribution in [0.4, 0.5) is 0 Å². The minimum absolute atomic E-state index is 0.129. The summed E-state index contributed by atoms with van der Waals surface area (Å²) < 4.78 is 1.56. The lowest BCUT2D eigenvalue weighted by Crippen LogP contribution is -2.21. The molecule has 5 N–H and O–H groups in total. The van der Waals surface area contributed by atoms with E-state index < -0.39 is 0 Å². The number of nitrogens with two attached hydrogens (primary N) is 2. The monoisotopic (exact) mass is 382 g/mol. The Morgan fingerprint density at radius 1 is 1.47 bits per heavy atom. The van der Waals surface area contributed by atoms with Crippen molar-refractivity contribution in [1.82, 2.24) is 0 Å². The molecule has 0 saturated heterocycles. The van der Waals surface area contributed by atoms with Crippen LogP contribution < -0.4 is 11.5 Å². The van der Waals surface area contributed by atoms with E-state index in [1.165, 1.54) is 6.21 Å². The maximum atomic E-state index is 9.66. The number of hydrogen-bond donors (Lipinski definition) is 3. The highest BCUT2D eigenvalue weighted by molar-refractivity contribution is 14.1. The number of hydrogen-bond acceptors (Lipinski definition) is 3. The number of halogens is 2. The summed E-state index contributed by atoms with van der Waals surface area (Å²) in [7, 11) is 0. The zero-order valence-corrected chi connectivity index (χ0v) is 11.2. The van der Waals surface area contributed by atoms with Crippen molar-refractivity contribution in [3.05, 3.63) is 25.7 Å². The number of phenolic OH excluding ortho intramolecular Hbond substituents is 1. The molecule has 0 aliphatic carbocycles. The van der Waals surface area contributed by atoms with Gasteiger partial charge in [-0.2, -0.15) is 5.10 Å². The van der Waals surface area contributed by atoms with Crippen LogP contribution >= 0.6 is 38.5 Å². The summed E-state index contributed by atoms with van der Waals surface area (Å²) in [6.45, 7) is 0. The summed E-state index contributed by atoms with van der Waals surface area (Å²) in [6, 6.07) is 3.50. The molecule has 0 radical (unpaired) electrons. The number of aromatic hydroxyl groups is 1. The summed E-state index contributed by atoms with van der Waals surface area (Å²) in [4.78, 5) is 0. The molecule has 0 unspecified atom stereocenters. The number of benzene rings is 1. The van der Waals surface area contributed by atoms with Crippen molar-refractivity contribution < 1.29 is 5.11 Å². The average Bonchev–Trinajstić information content (AvgIpc) is 2.12. The van der Waals surface area contributed by atoms with Gasteiger partial charge in [-0.25, -0.2) is 0 Å². The largest absolute Gasteiger partial charge is 0.506 e. The minimum Gasteiger partial charge on any atom is -0.506 e. The molecule has 5 nitrogen and oxygen atoms in total. The zero-order chi connectivity index (χ0) is 11.4. The molecule has 0 fully saturated rings. The third-order valence-corrected chi connectivity index (χ3v) is 2.71. The first kappa shape index (κ1) is 12.2. The van der Waals surface area contributed by atoms with Crippen LogP contribution in [0.25, 0.3) is 0 Å². The molecule has 7 heteroatoms. The Morgan fingerprint density at radius 2 is 2.13 bits per heavy atom. The van der Waals surface area contributed by atoms with E-state index in [0.29, 0.717) is 9.13 Å². The molecule has 0 aliphatic rings. The molecular formula is C8H8BrIN4O. The number of guanidine groups is 1. The number of phenols is 1. The first-order chi connectivity index (χ1) is 7.00. The third kappa shape index (κ3) is 3.67. The Bertz CT molecular complexity index is 429. The predicted molar refractivity (Wildman–Crippen MR) is 71.9 cm³/mol. The highest BCUT2D eigenvalue weighted by Gasteiger charge is 2.04. The maximum absolute atomic E-state index is 9.66. The predicted octanol–water partition coefficient (Wildman–Crippen LogP) is 1.37. The highest BCUT2D eigenvalue weighted by Crippen LogP contribution is 2.27. The fourth-order valence-electron chi connectivity index (χ4n) is 0.842. The SMILES string of the molecule is NC(N)=NN=Cc1cc(Br)cc(I)c1O. The molecule has 0 bridgehead atoms. The lowest BCUT2D eigenvalue weighted by molar-refractivity contribution is 0.470. The van der Waals surface area contributed by atoms with Crippen LogP contribution in [0.2, 0.25) is 0 Å². The van der Waals surface area contributed by atoms with Gasteiger partial charge in [-0.1, -0.05) is 15.9 Å². The van der Waals surface area contributed by atoms with Gasteiger partial charge in [0.1, 0.15) is 5.75 Å². The van der Waals surface area contributed by atoms with Gasteiger partial charge in [-0.05, 0) is 34.7 Å². The second-order valence-corrected chi connectivity index (χ2v) is 4.67. The second-order valence-electron chi connectivity index (χ2n) is 2.59. The Balaban J connectivity index is 3.05. The van der Waals surface area contributed by atoms with Crippen molar-refractivity contribution in [2.24, 2.45) is 21.7 Å². The van der Waals surface area contributed by atoms with Crippen LogP contribution in [0.5, 0.6) is 5.75 Å². The van der Waals surface area contributed by atoms with Crippen molar-refractivity contribution in [1.29, 1.82) is 0 Å². The van der Waals surface area contributed by atoms with Crippen molar-refractivity contribution >= 4 is 50.7 Å². The van der Waals surface area contributed by atoms with Crippen molar-refractivity contribution in [2.75, 3.05) is 0 Å². The molecular weight excluding hydrogens is 375 g/mol. The van der Waals surface area contributed by atoms with E-state index in [-0.39, 0.29) is 11.7 Å². The summed E-state index contributed by atoms with van der Waals surface area (Å²) in [6.07, 6.45) is 1.38. The first-order valence-corrected chi connectivity index (χ1v) is 5.68. The normalized spacial score (nSPS) is 10.5. The average molecular weight is 383 g/mol. The molecule has 0 saturated carbocycles. The fourth-order valence-corrected chi connectivity index (χ4v) is 2.39. The molecule has 0 aromatic heterocycles. The van der Waals surface area contributed by atoms with Gasteiger partial charge in [-0.3, -0.25) is 0 Å². The standard InChI is InChI=1S/C8H8BrIN4O/c9-5-1-4(3-13-14-8(11)12)7(15)6(10)2-5/h1-3,15H,(H4,11,12,14). The second kappa shape index (κ2) is 5.31. The van der Waals surface area contributed by atoms with E-state index in [1.54, 1.807) is 12.1 Å². The lowest BCUT2D eigenvalue weighted by atomic mass is 10.2. The van der Waals surface area contributed by atoms with Crippen LogP contribution in [0.15, 0.2) is 26.8 Å². The lowest BCUT2D eigenvalue weighted by Gasteiger charge is -2.01. The maximum Gasteiger partial charge on any atom is 0.211 e. The van der Waals surface area contributed by atoms with Crippen LogP contribution in [0.1, 0.15) is 5.56 Å². The molecule has 80 valence electrons. The fraction of sp³-hybridized carbons (Fsp3) is 0. The van der Waals surface area contributed by atoms with Gasteiger partial charge >= 0.3 is 0 Å². The Labute approximate surface area is 109 Å². The Kier molecular flexibility index (Phi) is 4.33. The van der Waals surface area contributed by atoms with Gasteiger partial charge in [0.2, 0.25) is 5.96 Å². The summed E-state index contributed by atoms with van der Waals surface area (Å²) in [5, 5.41) is 16.7. The van der Waals surface area contributed by atoms with Crippen molar-refractivity contribution in [2.45, 2.75) is 0 Å². The van der Waals surface area contributed by atoms with Crippen molar-refractivity contribution in [3.63, 3.8) is 0 Å². The van der Waals surface area contributed by atoms with E-state index >= 15 is 0 Å². The van der Waals surface area contributed by atoms with Crippen LogP contribution in [0.3, 0.4) is 0 Å². The van der Waals surface area contributed by atoms with Crippen LogP contribution in [0, 0.1) is 3.57 Å². The summed E-state index contributed by atoms with van der Waals surface area (Å²) >= 11 is 5.32. The summed E-state index contributed by atoms with van der Waals surface area (Å²) in [5.41, 5.74) is 10.7. The van der Waals surface area contributed by atoms with E-state index in [0.717, 1.165) is 4.47 Å². The van der Waals surface area contributed by atoms with E-state index in [4.69, 9.17) is 11.5 Å². The Morgan fingerprint density at radius 3 is 2.73 bits per heavy atom. The molecule has 0 aliphatic heterocycles. The van der Waals surface area contributed by atoms with Gasteiger partial charge in [0, 0.05) is 10.0 Å². The Hall–Kier alpha value is -0.830. The minimum atomic E-state index is -0.129. The number of nitrogens with zero attached hydrogens (tertiary/aromatic N) is 2. The quantitative estimate of drug-likeness (QED) is 0.312. The van der Waals surface area contributed by atoms with Gasteiger partial charge in [0.05, 0.1) is 9.78 Å². The van der Waals surface area contributed by atoms with Crippen LogP contribution in [-0.2, 0) is 0 Å². The number of rotatable bonds is 2. The molecule has 0 heterocycles. The zero-order valence-electron chi connectivity index (χ0n) is 7.48. The van der Waals surface area contributed by atoms with Gasteiger partial charge in [0.25, 0.3) is 0 Å². The molecule has 1 rings (SSSR count). The van der Waals surface area contributed by atoms with E-state index in [9.17, 15) is 5.11 Å². The first-order valence-electron chi connectivity index (χ1n) is 3.80. The molecule has 1 aromatic carbocycles. The topological polar surface area (TPSA) is 97.0 Å². The van der Waals surface area contributed by atoms with Gasteiger partial charge < -0.3 is 16.6 Å². The summed E-state index contributed by atoms with van der Waals surface area (Å²) in [5.74, 6) is 0.0174. The molecule has 1 aromatic rings. The van der Waals surface area contributed by atoms with Crippen LogP contribution in [-0.4, -0.2) is 17.3 Å². The van der Waals surface area contributed by atoms with Gasteiger partial charge in [-0.15, -0.1) is 5.10 Å².